The summed E-state index contributed by atoms with van der Waals surface area (Å²) in [6.45, 7) is 2.31. The Balaban J connectivity index is 1.85. The normalized spacial score (nSPS) is 15.7. The molecule has 2 aromatic carbocycles. The van der Waals surface area contributed by atoms with Crippen LogP contribution in [-0.2, 0) is 4.79 Å². The summed E-state index contributed by atoms with van der Waals surface area (Å²) in [6, 6.07) is 9.28. The Hall–Kier alpha value is -3.53. The largest absolute Gasteiger partial charge is 0.351 e. The van der Waals surface area contributed by atoms with Gasteiger partial charge in [0.1, 0.15) is 0 Å². The van der Waals surface area contributed by atoms with E-state index in [4.69, 9.17) is 5.73 Å². The molecule has 4 N–H and O–H groups in total. The Labute approximate surface area is 178 Å². The van der Waals surface area contributed by atoms with Crippen molar-refractivity contribution in [3.8, 4) is 0 Å². The zero-order valence-corrected chi connectivity index (χ0v) is 16.9. The second-order valence-corrected chi connectivity index (χ2v) is 7.07. The van der Waals surface area contributed by atoms with Gasteiger partial charge in [-0.3, -0.25) is 14.5 Å². The Morgan fingerprint density at radius 2 is 1.81 bits per heavy atom. The van der Waals surface area contributed by atoms with E-state index < -0.39 is 35.6 Å². The number of halogens is 2. The van der Waals surface area contributed by atoms with E-state index in [-0.39, 0.29) is 31.7 Å². The minimum atomic E-state index is -1.27. The lowest BCUT2D eigenvalue weighted by atomic mass is 10.2. The molecule has 0 radical (unpaired) electrons. The Morgan fingerprint density at radius 1 is 1.06 bits per heavy atom. The maximum atomic E-state index is 13.6. The lowest BCUT2D eigenvalue weighted by Gasteiger charge is -2.29. The van der Waals surface area contributed by atoms with E-state index >= 15 is 0 Å². The molecule has 0 saturated carbocycles. The van der Waals surface area contributed by atoms with Crippen LogP contribution >= 0.6 is 0 Å². The van der Waals surface area contributed by atoms with E-state index in [1.807, 2.05) is 13.0 Å². The first kappa shape index (κ1) is 22.2. The summed E-state index contributed by atoms with van der Waals surface area (Å²) in [4.78, 5) is 41.0. The number of amides is 4. The highest BCUT2D eigenvalue weighted by Gasteiger charge is 2.43. The molecule has 0 spiro atoms. The van der Waals surface area contributed by atoms with Crippen molar-refractivity contribution >= 4 is 23.5 Å². The number of benzene rings is 2. The van der Waals surface area contributed by atoms with Crippen LogP contribution in [0.15, 0.2) is 42.5 Å². The first-order valence-corrected chi connectivity index (χ1v) is 9.70. The molecule has 4 amide bonds. The number of nitrogens with zero attached hydrogens (tertiary/aromatic N) is 2. The van der Waals surface area contributed by atoms with Crippen molar-refractivity contribution in [2.75, 3.05) is 31.5 Å². The smallest absolute Gasteiger partial charge is 0.323 e. The highest BCUT2D eigenvalue weighted by Crippen LogP contribution is 2.21. The zero-order chi connectivity index (χ0) is 22.5. The van der Waals surface area contributed by atoms with Gasteiger partial charge in [-0.15, -0.1) is 0 Å². The molecule has 1 fully saturated rings. The van der Waals surface area contributed by atoms with Crippen molar-refractivity contribution in [3.63, 3.8) is 0 Å². The molecular formula is C21H23F2N5O3. The monoisotopic (exact) mass is 431 g/mol. The number of carbonyl (C=O) groups excluding carboxylic acids is 3. The summed E-state index contributed by atoms with van der Waals surface area (Å²) in [5.74, 6) is -3.56. The quantitative estimate of drug-likeness (QED) is 0.669. The van der Waals surface area contributed by atoms with Crippen LogP contribution in [-0.4, -0.2) is 60.0 Å². The SMILES string of the molecule is Cc1cccc(NC(=O)N2CCN(C(=O)c3ccc(F)c(F)c3)C2C(=O)NCCN)c1. The van der Waals surface area contributed by atoms with Crippen LogP contribution < -0.4 is 16.4 Å². The molecule has 31 heavy (non-hydrogen) atoms. The summed E-state index contributed by atoms with van der Waals surface area (Å²) < 4.78 is 26.9. The molecule has 1 heterocycles. The van der Waals surface area contributed by atoms with Gasteiger partial charge in [-0.05, 0) is 42.8 Å². The summed E-state index contributed by atoms with van der Waals surface area (Å²) in [6.07, 6.45) is -1.27. The third-order valence-corrected chi connectivity index (χ3v) is 4.81. The van der Waals surface area contributed by atoms with Crippen molar-refractivity contribution in [3.05, 3.63) is 65.2 Å². The molecule has 1 saturated heterocycles. The van der Waals surface area contributed by atoms with Crippen molar-refractivity contribution in [1.82, 2.24) is 15.1 Å². The van der Waals surface area contributed by atoms with Crippen LogP contribution in [0.2, 0.25) is 0 Å². The third-order valence-electron chi connectivity index (χ3n) is 4.81. The molecule has 0 aliphatic carbocycles. The molecule has 3 rings (SSSR count). The van der Waals surface area contributed by atoms with Gasteiger partial charge >= 0.3 is 6.03 Å². The molecule has 1 aliphatic rings. The van der Waals surface area contributed by atoms with E-state index in [0.29, 0.717) is 5.69 Å². The minimum absolute atomic E-state index is 0.0414. The van der Waals surface area contributed by atoms with Gasteiger partial charge in [0.25, 0.3) is 11.8 Å². The molecule has 1 aliphatic heterocycles. The fourth-order valence-electron chi connectivity index (χ4n) is 3.34. The number of nitrogens with two attached hydrogens (primary N) is 1. The number of anilines is 1. The number of nitrogens with one attached hydrogen (secondary N) is 2. The molecule has 1 unspecified atom stereocenters. The number of hydrogen-bond donors (Lipinski definition) is 3. The van der Waals surface area contributed by atoms with Gasteiger partial charge in [0, 0.05) is 37.4 Å². The van der Waals surface area contributed by atoms with Crippen LogP contribution in [0.3, 0.4) is 0 Å². The second-order valence-electron chi connectivity index (χ2n) is 7.07. The lowest BCUT2D eigenvalue weighted by molar-refractivity contribution is -0.127. The van der Waals surface area contributed by atoms with Crippen LogP contribution in [0.1, 0.15) is 15.9 Å². The van der Waals surface area contributed by atoms with Crippen molar-refractivity contribution in [2.45, 2.75) is 13.1 Å². The van der Waals surface area contributed by atoms with E-state index in [0.717, 1.165) is 28.7 Å². The number of urea groups is 1. The van der Waals surface area contributed by atoms with Crippen molar-refractivity contribution in [1.29, 1.82) is 0 Å². The van der Waals surface area contributed by atoms with Gasteiger partial charge in [-0.25, -0.2) is 13.6 Å². The van der Waals surface area contributed by atoms with Gasteiger partial charge in [-0.2, -0.15) is 0 Å². The van der Waals surface area contributed by atoms with E-state index in [1.165, 1.54) is 4.90 Å². The maximum absolute atomic E-state index is 13.6. The molecule has 0 aromatic heterocycles. The van der Waals surface area contributed by atoms with Gasteiger partial charge in [-0.1, -0.05) is 12.1 Å². The fourth-order valence-corrected chi connectivity index (χ4v) is 3.34. The number of rotatable bonds is 5. The van der Waals surface area contributed by atoms with Crippen molar-refractivity contribution < 1.29 is 23.2 Å². The fraction of sp³-hybridized carbons (Fsp3) is 0.286. The second kappa shape index (κ2) is 9.52. The number of aryl methyl sites for hydroxylation is 1. The summed E-state index contributed by atoms with van der Waals surface area (Å²) in [5, 5.41) is 5.29. The summed E-state index contributed by atoms with van der Waals surface area (Å²) in [5.41, 5.74) is 6.78. The topological polar surface area (TPSA) is 108 Å². The standard InChI is InChI=1S/C21H23F2N5O3/c1-13-3-2-4-15(11-13)26-21(31)28-10-9-27(19(28)18(29)25-8-7-24)20(30)14-5-6-16(22)17(23)12-14/h2-6,11-12,19H,7-10,24H2,1H3,(H,25,29)(H,26,31). The van der Waals surface area contributed by atoms with Crippen LogP contribution in [0, 0.1) is 18.6 Å². The van der Waals surface area contributed by atoms with Gasteiger partial charge in [0.2, 0.25) is 0 Å². The van der Waals surface area contributed by atoms with E-state index in [2.05, 4.69) is 10.6 Å². The van der Waals surface area contributed by atoms with Gasteiger partial charge in [0.05, 0.1) is 0 Å². The van der Waals surface area contributed by atoms with Crippen LogP contribution in [0.5, 0.6) is 0 Å². The van der Waals surface area contributed by atoms with Crippen LogP contribution in [0.4, 0.5) is 19.3 Å². The maximum Gasteiger partial charge on any atom is 0.323 e. The highest BCUT2D eigenvalue weighted by atomic mass is 19.2. The van der Waals surface area contributed by atoms with Gasteiger partial charge in [0.15, 0.2) is 17.8 Å². The Bertz CT molecular complexity index is 1000. The molecular weight excluding hydrogens is 408 g/mol. The highest BCUT2D eigenvalue weighted by molar-refractivity contribution is 6.00. The predicted molar refractivity (Wildman–Crippen MR) is 110 cm³/mol. The molecule has 0 bridgehead atoms. The third kappa shape index (κ3) is 4.97. The van der Waals surface area contributed by atoms with Crippen LogP contribution in [0.25, 0.3) is 0 Å². The first-order chi connectivity index (χ1) is 14.8. The molecule has 164 valence electrons. The molecule has 8 nitrogen and oxygen atoms in total. The summed E-state index contributed by atoms with van der Waals surface area (Å²) >= 11 is 0. The van der Waals surface area contributed by atoms with E-state index in [1.54, 1.807) is 18.2 Å². The zero-order valence-electron chi connectivity index (χ0n) is 16.9. The lowest BCUT2D eigenvalue weighted by Crippen LogP contribution is -2.55. The van der Waals surface area contributed by atoms with E-state index in [9.17, 15) is 23.2 Å². The minimum Gasteiger partial charge on any atom is -0.351 e. The van der Waals surface area contributed by atoms with Gasteiger partial charge < -0.3 is 21.3 Å². The number of carbonyl (C=O) groups is 3. The predicted octanol–water partition coefficient (Wildman–Crippen LogP) is 1.66. The Morgan fingerprint density at radius 3 is 2.48 bits per heavy atom. The average molecular weight is 431 g/mol. The number of hydrogen-bond acceptors (Lipinski definition) is 4. The molecule has 2 aromatic rings. The molecule has 1 atom stereocenters. The van der Waals surface area contributed by atoms with Crippen molar-refractivity contribution in [2.24, 2.45) is 5.73 Å². The average Bonchev–Trinajstić information content (AvgIpc) is 3.19. The molecule has 10 heteroatoms. The first-order valence-electron chi connectivity index (χ1n) is 9.70. The summed E-state index contributed by atoms with van der Waals surface area (Å²) in [7, 11) is 0. The Kier molecular flexibility index (Phi) is 6.81.